The van der Waals surface area contributed by atoms with Crippen molar-refractivity contribution in [3.8, 4) is 29.5 Å². The van der Waals surface area contributed by atoms with Crippen LogP contribution in [0.1, 0.15) is 0 Å². The molecule has 5 rings (SSSR count). The number of terminal acetylenes is 1. The lowest BCUT2D eigenvalue weighted by Gasteiger charge is -2.12. The highest BCUT2D eigenvalue weighted by Gasteiger charge is 2.11. The molecule has 0 aliphatic heterocycles. The summed E-state index contributed by atoms with van der Waals surface area (Å²) >= 11 is 0. The first-order valence-electron chi connectivity index (χ1n) is 10.6. The van der Waals surface area contributed by atoms with E-state index in [2.05, 4.69) is 26.8 Å². The van der Waals surface area contributed by atoms with Gasteiger partial charge in [-0.1, -0.05) is 30.2 Å². The summed E-state index contributed by atoms with van der Waals surface area (Å²) < 4.78 is 5.61. The SMILES string of the molecule is C#CCNC(=O)COc1cccc(-c2nc(Nc3ccc4[nH]ncc4c3)c3ccccc3n2)c1. The summed E-state index contributed by atoms with van der Waals surface area (Å²) in [5.41, 5.74) is 3.42. The Hall–Kier alpha value is -4.90. The van der Waals surface area contributed by atoms with Crippen LogP contribution in [0.4, 0.5) is 11.5 Å². The zero-order chi connectivity index (χ0) is 23.3. The molecule has 0 saturated heterocycles. The fourth-order valence-corrected chi connectivity index (χ4v) is 3.53. The van der Waals surface area contributed by atoms with Crippen LogP contribution < -0.4 is 15.4 Å². The third-order valence-corrected chi connectivity index (χ3v) is 5.16. The first-order chi connectivity index (χ1) is 16.7. The highest BCUT2D eigenvalue weighted by atomic mass is 16.5. The Bertz CT molecular complexity index is 1540. The average Bonchev–Trinajstić information content (AvgIpc) is 3.34. The van der Waals surface area contributed by atoms with Crippen LogP contribution in [0.2, 0.25) is 0 Å². The molecule has 0 bridgehead atoms. The van der Waals surface area contributed by atoms with Crippen LogP contribution in [-0.4, -0.2) is 39.2 Å². The lowest BCUT2D eigenvalue weighted by Crippen LogP contribution is -2.29. The highest BCUT2D eigenvalue weighted by Crippen LogP contribution is 2.29. The third-order valence-electron chi connectivity index (χ3n) is 5.16. The molecule has 0 aliphatic carbocycles. The molecule has 0 atom stereocenters. The molecule has 2 aromatic heterocycles. The molecule has 0 aliphatic rings. The van der Waals surface area contributed by atoms with Crippen LogP contribution in [0.15, 0.2) is 72.9 Å². The molecule has 2 heterocycles. The quantitative estimate of drug-likeness (QED) is 0.325. The van der Waals surface area contributed by atoms with E-state index in [0.717, 1.165) is 33.1 Å². The standard InChI is InChI=1S/C26H20N6O2/c1-2-12-27-24(33)16-34-20-7-5-6-17(14-20)25-30-23-9-4-3-8-21(23)26(31-25)29-19-10-11-22-18(13-19)15-28-32-22/h1,3-11,13-15H,12,16H2,(H,27,33)(H,28,32)(H,29,30,31). The molecule has 0 saturated carbocycles. The van der Waals surface area contributed by atoms with Gasteiger partial charge in [-0.05, 0) is 42.5 Å². The van der Waals surface area contributed by atoms with Crippen LogP contribution in [0.5, 0.6) is 5.75 Å². The van der Waals surface area contributed by atoms with Gasteiger partial charge >= 0.3 is 0 Å². The van der Waals surface area contributed by atoms with Crippen molar-refractivity contribution in [3.63, 3.8) is 0 Å². The van der Waals surface area contributed by atoms with E-state index in [1.807, 2.05) is 54.6 Å². The number of nitrogens with one attached hydrogen (secondary N) is 3. The molecule has 5 aromatic rings. The predicted molar refractivity (Wildman–Crippen MR) is 132 cm³/mol. The Morgan fingerprint density at radius 2 is 1.97 bits per heavy atom. The van der Waals surface area contributed by atoms with Crippen molar-refractivity contribution in [2.75, 3.05) is 18.5 Å². The summed E-state index contributed by atoms with van der Waals surface area (Å²) in [6.45, 7) is 0.0312. The normalized spacial score (nSPS) is 10.7. The fourth-order valence-electron chi connectivity index (χ4n) is 3.53. The highest BCUT2D eigenvalue weighted by molar-refractivity contribution is 5.93. The van der Waals surface area contributed by atoms with Gasteiger partial charge in [0.05, 0.1) is 23.8 Å². The van der Waals surface area contributed by atoms with Crippen molar-refractivity contribution in [1.29, 1.82) is 0 Å². The Kier molecular flexibility index (Phi) is 5.74. The summed E-state index contributed by atoms with van der Waals surface area (Å²) in [4.78, 5) is 21.3. The molecule has 8 heteroatoms. The Morgan fingerprint density at radius 1 is 1.06 bits per heavy atom. The number of aromatic nitrogens is 4. The van der Waals surface area contributed by atoms with Crippen molar-refractivity contribution in [1.82, 2.24) is 25.5 Å². The molecular weight excluding hydrogens is 428 g/mol. The number of carbonyl (C=O) groups excluding carboxylic acids is 1. The lowest BCUT2D eigenvalue weighted by atomic mass is 10.1. The topological polar surface area (TPSA) is 105 Å². The fraction of sp³-hybridized carbons (Fsp3) is 0.0769. The molecule has 3 aromatic carbocycles. The number of nitrogens with zero attached hydrogens (tertiary/aromatic N) is 3. The molecule has 3 N–H and O–H groups in total. The summed E-state index contributed by atoms with van der Waals surface area (Å²) in [7, 11) is 0. The number of carbonyl (C=O) groups is 1. The number of hydrogen-bond acceptors (Lipinski definition) is 6. The van der Waals surface area contributed by atoms with Gasteiger partial charge in [-0.3, -0.25) is 9.89 Å². The number of aromatic amines is 1. The second kappa shape index (κ2) is 9.30. The number of ether oxygens (including phenoxy) is 1. The summed E-state index contributed by atoms with van der Waals surface area (Å²) in [6.07, 6.45) is 6.94. The predicted octanol–water partition coefficient (Wildman–Crippen LogP) is 4.04. The minimum Gasteiger partial charge on any atom is -0.484 e. The number of benzene rings is 3. The van der Waals surface area contributed by atoms with Gasteiger partial charge in [0, 0.05) is 22.0 Å². The van der Waals surface area contributed by atoms with Gasteiger partial charge < -0.3 is 15.4 Å². The maximum atomic E-state index is 11.8. The van der Waals surface area contributed by atoms with Crippen molar-refractivity contribution >= 4 is 39.2 Å². The number of rotatable bonds is 7. The van der Waals surface area contributed by atoms with Crippen LogP contribution >= 0.6 is 0 Å². The first kappa shape index (κ1) is 21.0. The van der Waals surface area contributed by atoms with E-state index in [-0.39, 0.29) is 19.1 Å². The largest absolute Gasteiger partial charge is 0.484 e. The number of amides is 1. The molecule has 166 valence electrons. The molecular formula is C26H20N6O2. The number of hydrogen-bond donors (Lipinski definition) is 3. The monoisotopic (exact) mass is 448 g/mol. The second-order valence-corrected chi connectivity index (χ2v) is 7.51. The summed E-state index contributed by atoms with van der Waals surface area (Å²) in [5, 5.41) is 14.9. The van der Waals surface area contributed by atoms with Crippen LogP contribution in [0.25, 0.3) is 33.2 Å². The van der Waals surface area contributed by atoms with E-state index < -0.39 is 0 Å². The lowest BCUT2D eigenvalue weighted by molar-refractivity contribution is -0.122. The molecule has 0 fully saturated rings. The van der Waals surface area contributed by atoms with Gasteiger partial charge in [-0.2, -0.15) is 5.10 Å². The van der Waals surface area contributed by atoms with Crippen molar-refractivity contribution in [3.05, 3.63) is 72.9 Å². The van der Waals surface area contributed by atoms with Gasteiger partial charge in [-0.25, -0.2) is 9.97 Å². The summed E-state index contributed by atoms with van der Waals surface area (Å²) in [6, 6.07) is 21.1. The van der Waals surface area contributed by atoms with Crippen molar-refractivity contribution in [2.24, 2.45) is 0 Å². The number of anilines is 2. The molecule has 0 unspecified atom stereocenters. The number of para-hydroxylation sites is 1. The molecule has 0 radical (unpaired) electrons. The molecule has 0 spiro atoms. The van der Waals surface area contributed by atoms with Gasteiger partial charge in [0.2, 0.25) is 0 Å². The Balaban J connectivity index is 1.46. The van der Waals surface area contributed by atoms with Gasteiger partial charge in [0.15, 0.2) is 12.4 Å². The van der Waals surface area contributed by atoms with Gasteiger partial charge in [-0.15, -0.1) is 6.42 Å². The zero-order valence-corrected chi connectivity index (χ0v) is 18.1. The van der Waals surface area contributed by atoms with E-state index in [9.17, 15) is 4.79 Å². The maximum absolute atomic E-state index is 11.8. The molecule has 8 nitrogen and oxygen atoms in total. The van der Waals surface area contributed by atoms with E-state index in [1.165, 1.54) is 0 Å². The first-order valence-corrected chi connectivity index (χ1v) is 10.6. The Morgan fingerprint density at radius 3 is 2.88 bits per heavy atom. The summed E-state index contributed by atoms with van der Waals surface area (Å²) in [5.74, 6) is 3.82. The van der Waals surface area contributed by atoms with Crippen molar-refractivity contribution < 1.29 is 9.53 Å². The van der Waals surface area contributed by atoms with E-state index >= 15 is 0 Å². The van der Waals surface area contributed by atoms with E-state index in [1.54, 1.807) is 18.3 Å². The molecule has 34 heavy (non-hydrogen) atoms. The minimum atomic E-state index is -0.286. The molecule has 1 amide bonds. The Labute approximate surface area is 195 Å². The maximum Gasteiger partial charge on any atom is 0.258 e. The number of fused-ring (bicyclic) bond motifs is 2. The van der Waals surface area contributed by atoms with Crippen LogP contribution in [0.3, 0.4) is 0 Å². The average molecular weight is 448 g/mol. The van der Waals surface area contributed by atoms with E-state index in [0.29, 0.717) is 17.4 Å². The van der Waals surface area contributed by atoms with Crippen LogP contribution in [-0.2, 0) is 4.79 Å². The third kappa shape index (κ3) is 4.49. The zero-order valence-electron chi connectivity index (χ0n) is 18.1. The van der Waals surface area contributed by atoms with Crippen molar-refractivity contribution in [2.45, 2.75) is 0 Å². The van der Waals surface area contributed by atoms with Gasteiger partial charge in [0.25, 0.3) is 5.91 Å². The minimum absolute atomic E-state index is 0.132. The smallest absolute Gasteiger partial charge is 0.258 e. The van der Waals surface area contributed by atoms with E-state index in [4.69, 9.17) is 21.1 Å². The number of H-pyrrole nitrogens is 1. The van der Waals surface area contributed by atoms with Crippen LogP contribution in [0, 0.1) is 12.3 Å². The van der Waals surface area contributed by atoms with Gasteiger partial charge in [0.1, 0.15) is 11.6 Å². The second-order valence-electron chi connectivity index (χ2n) is 7.51.